The molecule has 0 aliphatic heterocycles. The smallest absolute Gasteiger partial charge is 0.161 e. The minimum absolute atomic E-state index is 0.228. The van der Waals surface area contributed by atoms with Gasteiger partial charge in [0.2, 0.25) is 0 Å². The summed E-state index contributed by atoms with van der Waals surface area (Å²) in [6, 6.07) is 7.59. The van der Waals surface area contributed by atoms with Crippen molar-refractivity contribution in [2.75, 3.05) is 20.3 Å². The normalized spacial score (nSPS) is 12.2. The summed E-state index contributed by atoms with van der Waals surface area (Å²) < 4.78 is 10.8. The van der Waals surface area contributed by atoms with Crippen molar-refractivity contribution >= 4 is 0 Å². The number of hydrogen-bond acceptors (Lipinski definition) is 3. The maximum Gasteiger partial charge on any atom is 0.161 e. The molecule has 16 heavy (non-hydrogen) atoms. The van der Waals surface area contributed by atoms with Crippen molar-refractivity contribution in [1.82, 2.24) is 0 Å². The molecular formula is C13H20O3. The predicted octanol–water partition coefficient (Wildman–Crippen LogP) is 2.48. The second kappa shape index (κ2) is 7.12. The van der Waals surface area contributed by atoms with Gasteiger partial charge in [0.1, 0.15) is 0 Å². The number of ether oxygens (including phenoxy) is 2. The van der Waals surface area contributed by atoms with Crippen LogP contribution in [0.2, 0.25) is 0 Å². The van der Waals surface area contributed by atoms with Gasteiger partial charge in [-0.3, -0.25) is 0 Å². The first-order chi connectivity index (χ1) is 7.81. The minimum Gasteiger partial charge on any atom is -0.493 e. The first kappa shape index (κ1) is 12.8. The van der Waals surface area contributed by atoms with E-state index in [0.717, 1.165) is 24.3 Å². The summed E-state index contributed by atoms with van der Waals surface area (Å²) in [5, 5.41) is 9.04. The van der Waals surface area contributed by atoms with Crippen LogP contribution in [0.25, 0.3) is 0 Å². The average Bonchev–Trinajstić information content (AvgIpc) is 2.35. The van der Waals surface area contributed by atoms with Gasteiger partial charge in [0.25, 0.3) is 0 Å². The summed E-state index contributed by atoms with van der Waals surface area (Å²) in [5.74, 6) is 1.84. The third-order valence-electron chi connectivity index (χ3n) is 2.69. The minimum atomic E-state index is 0.228. The van der Waals surface area contributed by atoms with Gasteiger partial charge >= 0.3 is 0 Å². The van der Waals surface area contributed by atoms with Gasteiger partial charge in [0, 0.05) is 6.61 Å². The first-order valence-corrected chi connectivity index (χ1v) is 5.68. The molecule has 0 aliphatic carbocycles. The molecule has 0 heterocycles. The van der Waals surface area contributed by atoms with Crippen LogP contribution in [0, 0.1) is 5.92 Å². The van der Waals surface area contributed by atoms with Gasteiger partial charge in [-0.15, -0.1) is 0 Å². The van der Waals surface area contributed by atoms with Gasteiger partial charge in [-0.05, 0) is 24.5 Å². The fourth-order valence-electron chi connectivity index (χ4n) is 1.50. The number of hydrogen-bond donors (Lipinski definition) is 1. The van der Waals surface area contributed by atoms with E-state index < -0.39 is 0 Å². The lowest BCUT2D eigenvalue weighted by atomic mass is 10.0. The molecular weight excluding hydrogens is 204 g/mol. The van der Waals surface area contributed by atoms with E-state index in [1.807, 2.05) is 24.3 Å². The fraction of sp³-hybridized carbons (Fsp3) is 0.538. The van der Waals surface area contributed by atoms with Crippen LogP contribution in [0.3, 0.4) is 0 Å². The van der Waals surface area contributed by atoms with Crippen LogP contribution in [-0.4, -0.2) is 25.4 Å². The van der Waals surface area contributed by atoms with Crippen molar-refractivity contribution in [3.8, 4) is 11.5 Å². The summed E-state index contributed by atoms with van der Waals surface area (Å²) in [7, 11) is 1.63. The number of methoxy groups -OCH3 is 1. The maximum absolute atomic E-state index is 9.04. The van der Waals surface area contributed by atoms with E-state index in [0.29, 0.717) is 12.5 Å². The van der Waals surface area contributed by atoms with Gasteiger partial charge in [0.15, 0.2) is 11.5 Å². The van der Waals surface area contributed by atoms with Gasteiger partial charge in [-0.2, -0.15) is 0 Å². The Morgan fingerprint density at radius 1 is 1.25 bits per heavy atom. The van der Waals surface area contributed by atoms with Gasteiger partial charge in [0.05, 0.1) is 13.7 Å². The highest BCUT2D eigenvalue weighted by Gasteiger charge is 2.06. The average molecular weight is 224 g/mol. The highest BCUT2D eigenvalue weighted by molar-refractivity contribution is 5.39. The number of aliphatic hydroxyl groups is 1. The van der Waals surface area contributed by atoms with E-state index in [9.17, 15) is 0 Å². The van der Waals surface area contributed by atoms with Crippen LogP contribution in [0.4, 0.5) is 0 Å². The van der Waals surface area contributed by atoms with E-state index in [4.69, 9.17) is 14.6 Å². The molecule has 0 saturated heterocycles. The lowest BCUT2D eigenvalue weighted by molar-refractivity contribution is 0.186. The number of aliphatic hydroxyl groups excluding tert-OH is 1. The molecule has 1 N–H and O–H groups in total. The van der Waals surface area contributed by atoms with Gasteiger partial charge in [-0.25, -0.2) is 0 Å². The second-order valence-electron chi connectivity index (χ2n) is 3.74. The summed E-state index contributed by atoms with van der Waals surface area (Å²) in [5.41, 5.74) is 0. The van der Waals surface area contributed by atoms with Crippen LogP contribution >= 0.6 is 0 Å². The van der Waals surface area contributed by atoms with Crippen molar-refractivity contribution in [2.45, 2.75) is 19.8 Å². The molecule has 1 rings (SSSR count). The summed E-state index contributed by atoms with van der Waals surface area (Å²) in [4.78, 5) is 0. The molecule has 90 valence electrons. The van der Waals surface area contributed by atoms with Crippen molar-refractivity contribution < 1.29 is 14.6 Å². The standard InChI is InChI=1S/C13H20O3/c1-3-11(10-14)8-9-16-13-7-5-4-6-12(13)15-2/h4-7,11,14H,3,8-10H2,1-2H3. The molecule has 0 spiro atoms. The van der Waals surface area contributed by atoms with E-state index in [2.05, 4.69) is 6.92 Å². The second-order valence-corrected chi connectivity index (χ2v) is 3.74. The molecule has 1 atom stereocenters. The lowest BCUT2D eigenvalue weighted by Gasteiger charge is -2.13. The highest BCUT2D eigenvalue weighted by Crippen LogP contribution is 2.26. The van der Waals surface area contributed by atoms with E-state index >= 15 is 0 Å². The quantitative estimate of drug-likeness (QED) is 0.773. The van der Waals surface area contributed by atoms with Crippen molar-refractivity contribution in [3.63, 3.8) is 0 Å². The van der Waals surface area contributed by atoms with Crippen LogP contribution in [0.15, 0.2) is 24.3 Å². The Morgan fingerprint density at radius 2 is 1.94 bits per heavy atom. The molecule has 0 aliphatic rings. The topological polar surface area (TPSA) is 38.7 Å². The molecule has 1 aromatic rings. The molecule has 1 aromatic carbocycles. The summed E-state index contributed by atoms with van der Waals surface area (Å²) >= 11 is 0. The van der Waals surface area contributed by atoms with E-state index in [-0.39, 0.29) is 6.61 Å². The molecule has 0 saturated carbocycles. The molecule has 0 fully saturated rings. The Bertz CT molecular complexity index is 295. The highest BCUT2D eigenvalue weighted by atomic mass is 16.5. The number of rotatable bonds is 7. The Kier molecular flexibility index (Phi) is 5.72. The number of para-hydroxylation sites is 2. The number of benzene rings is 1. The molecule has 3 nitrogen and oxygen atoms in total. The van der Waals surface area contributed by atoms with Crippen LogP contribution in [0.5, 0.6) is 11.5 Å². The third kappa shape index (κ3) is 3.74. The molecule has 0 aromatic heterocycles. The van der Waals surface area contributed by atoms with Crippen LogP contribution in [0.1, 0.15) is 19.8 Å². The third-order valence-corrected chi connectivity index (χ3v) is 2.69. The first-order valence-electron chi connectivity index (χ1n) is 5.68. The Balaban J connectivity index is 2.42. The van der Waals surface area contributed by atoms with Gasteiger partial charge < -0.3 is 14.6 Å². The van der Waals surface area contributed by atoms with Crippen LogP contribution < -0.4 is 9.47 Å². The molecule has 0 radical (unpaired) electrons. The Hall–Kier alpha value is -1.22. The summed E-state index contributed by atoms with van der Waals surface area (Å²) in [6.45, 7) is 2.91. The molecule has 3 heteroatoms. The van der Waals surface area contributed by atoms with Crippen molar-refractivity contribution in [2.24, 2.45) is 5.92 Å². The largest absolute Gasteiger partial charge is 0.493 e. The molecule has 0 bridgehead atoms. The van der Waals surface area contributed by atoms with Gasteiger partial charge in [-0.1, -0.05) is 25.5 Å². The summed E-state index contributed by atoms with van der Waals surface area (Å²) in [6.07, 6.45) is 1.84. The van der Waals surface area contributed by atoms with Crippen molar-refractivity contribution in [3.05, 3.63) is 24.3 Å². The van der Waals surface area contributed by atoms with E-state index in [1.165, 1.54) is 0 Å². The fourth-order valence-corrected chi connectivity index (χ4v) is 1.50. The Labute approximate surface area is 97.0 Å². The van der Waals surface area contributed by atoms with E-state index in [1.54, 1.807) is 7.11 Å². The lowest BCUT2D eigenvalue weighted by Crippen LogP contribution is -2.10. The Morgan fingerprint density at radius 3 is 2.50 bits per heavy atom. The zero-order valence-corrected chi connectivity index (χ0v) is 9.98. The zero-order chi connectivity index (χ0) is 11.8. The van der Waals surface area contributed by atoms with Crippen LogP contribution in [-0.2, 0) is 0 Å². The zero-order valence-electron chi connectivity index (χ0n) is 9.98. The van der Waals surface area contributed by atoms with Crippen molar-refractivity contribution in [1.29, 1.82) is 0 Å². The maximum atomic E-state index is 9.04. The molecule has 0 amide bonds. The monoisotopic (exact) mass is 224 g/mol. The predicted molar refractivity (Wildman–Crippen MR) is 64.0 cm³/mol. The molecule has 1 unspecified atom stereocenters. The SMILES string of the molecule is CCC(CO)CCOc1ccccc1OC.